The average molecular weight is 267 g/mol. The number of nitrogens with zero attached hydrogens (tertiary/aromatic N) is 1. The molecule has 0 aromatic carbocycles. The van der Waals surface area contributed by atoms with Crippen LogP contribution in [0.2, 0.25) is 0 Å². The van der Waals surface area contributed by atoms with E-state index in [9.17, 15) is 19.2 Å². The second-order valence-corrected chi connectivity index (χ2v) is 4.30. The van der Waals surface area contributed by atoms with E-state index >= 15 is 0 Å². The molecule has 2 fully saturated rings. The lowest BCUT2D eigenvalue weighted by Gasteiger charge is -2.15. The largest absolute Gasteiger partial charge is 0.466 e. The van der Waals surface area contributed by atoms with E-state index in [2.05, 4.69) is 4.74 Å². The number of imide groups is 1. The van der Waals surface area contributed by atoms with E-state index in [0.29, 0.717) is 6.42 Å². The monoisotopic (exact) mass is 267 g/mol. The van der Waals surface area contributed by atoms with E-state index in [4.69, 9.17) is 4.74 Å². The zero-order valence-corrected chi connectivity index (χ0v) is 10.3. The summed E-state index contributed by atoms with van der Waals surface area (Å²) in [6.45, 7) is -0.0241. The fourth-order valence-corrected chi connectivity index (χ4v) is 1.96. The van der Waals surface area contributed by atoms with E-state index < -0.39 is 11.9 Å². The van der Waals surface area contributed by atoms with Crippen LogP contribution in [0.3, 0.4) is 0 Å². The number of amides is 2. The predicted molar refractivity (Wildman–Crippen MR) is 60.4 cm³/mol. The lowest BCUT2D eigenvalue weighted by Crippen LogP contribution is -2.36. The Morgan fingerprint density at radius 1 is 1.21 bits per heavy atom. The van der Waals surface area contributed by atoms with Crippen LogP contribution < -0.4 is 0 Å². The van der Waals surface area contributed by atoms with Crippen LogP contribution in [0.5, 0.6) is 0 Å². The Bertz CT molecular complexity index is 449. The summed E-state index contributed by atoms with van der Waals surface area (Å²) < 4.78 is 9.07. The summed E-state index contributed by atoms with van der Waals surface area (Å²) in [5.74, 6) is -2.06. The van der Waals surface area contributed by atoms with Gasteiger partial charge in [0.1, 0.15) is 6.61 Å². The topological polar surface area (TPSA) is 90.0 Å². The highest BCUT2D eigenvalue weighted by atomic mass is 16.5. The quantitative estimate of drug-likeness (QED) is 0.370. The fraction of sp³-hybridized carbons (Fsp3) is 0.500. The molecular formula is C12H13NO6. The molecule has 1 saturated carbocycles. The highest BCUT2D eigenvalue weighted by Crippen LogP contribution is 2.46. The molecule has 2 atom stereocenters. The van der Waals surface area contributed by atoms with Gasteiger partial charge in [-0.15, -0.1) is 0 Å². The number of methoxy groups -OCH3 is 1. The molecule has 1 aliphatic carbocycles. The van der Waals surface area contributed by atoms with Crippen molar-refractivity contribution in [2.45, 2.75) is 6.42 Å². The molecule has 19 heavy (non-hydrogen) atoms. The third-order valence-corrected chi connectivity index (χ3v) is 3.07. The number of hydrogen-bond acceptors (Lipinski definition) is 6. The number of carbonyl (C=O) groups excluding carboxylic acids is 4. The predicted octanol–water partition coefficient (Wildman–Crippen LogP) is -0.736. The van der Waals surface area contributed by atoms with E-state index in [0.717, 1.165) is 17.1 Å². The van der Waals surface area contributed by atoms with Crippen molar-refractivity contribution in [1.82, 2.24) is 4.90 Å². The summed E-state index contributed by atoms with van der Waals surface area (Å²) in [5.41, 5.74) is 0. The molecule has 0 spiro atoms. The first-order valence-electron chi connectivity index (χ1n) is 5.82. The molecule has 0 aromatic rings. The van der Waals surface area contributed by atoms with Gasteiger partial charge in [0.2, 0.25) is 11.8 Å². The molecule has 0 aromatic heterocycles. The summed E-state index contributed by atoms with van der Waals surface area (Å²) in [5, 5.41) is 0. The van der Waals surface area contributed by atoms with Gasteiger partial charge in [0, 0.05) is 12.2 Å². The van der Waals surface area contributed by atoms with Crippen molar-refractivity contribution in [2.24, 2.45) is 11.8 Å². The Morgan fingerprint density at radius 2 is 1.79 bits per heavy atom. The van der Waals surface area contributed by atoms with Gasteiger partial charge in [-0.3, -0.25) is 14.5 Å². The Kier molecular flexibility index (Phi) is 3.64. The third-order valence-electron chi connectivity index (χ3n) is 3.07. The Balaban J connectivity index is 1.71. The van der Waals surface area contributed by atoms with Crippen LogP contribution >= 0.6 is 0 Å². The number of carbonyl (C=O) groups is 4. The summed E-state index contributed by atoms with van der Waals surface area (Å²) in [6.07, 6.45) is 2.51. The molecule has 2 unspecified atom stereocenters. The first kappa shape index (κ1) is 13.3. The van der Waals surface area contributed by atoms with Gasteiger partial charge in [-0.05, 0) is 6.42 Å². The zero-order valence-electron chi connectivity index (χ0n) is 10.3. The van der Waals surface area contributed by atoms with Gasteiger partial charge < -0.3 is 9.47 Å². The van der Waals surface area contributed by atoms with Crippen LogP contribution in [0.25, 0.3) is 0 Å². The Hall–Kier alpha value is -2.18. The molecule has 1 aliphatic heterocycles. The minimum absolute atomic E-state index is 0.0580. The Morgan fingerprint density at radius 3 is 2.37 bits per heavy atom. The fourth-order valence-electron chi connectivity index (χ4n) is 1.96. The van der Waals surface area contributed by atoms with Gasteiger partial charge in [0.25, 0.3) is 0 Å². The number of esters is 2. The van der Waals surface area contributed by atoms with Gasteiger partial charge >= 0.3 is 11.9 Å². The number of rotatable bonds is 5. The number of likely N-dealkylation sites (tertiary alicyclic amines) is 1. The molecule has 0 radical (unpaired) electrons. The van der Waals surface area contributed by atoms with Gasteiger partial charge in [-0.2, -0.15) is 0 Å². The van der Waals surface area contributed by atoms with Gasteiger partial charge in [-0.1, -0.05) is 0 Å². The minimum Gasteiger partial charge on any atom is -0.466 e. The van der Waals surface area contributed by atoms with Crippen molar-refractivity contribution in [1.29, 1.82) is 0 Å². The maximum Gasteiger partial charge on any atom is 0.331 e. The highest BCUT2D eigenvalue weighted by molar-refractivity contribution is 6.08. The van der Waals surface area contributed by atoms with E-state index in [1.165, 1.54) is 7.11 Å². The molecule has 0 bridgehead atoms. The van der Waals surface area contributed by atoms with Crippen molar-refractivity contribution >= 4 is 23.8 Å². The van der Waals surface area contributed by atoms with Crippen LogP contribution in [0, 0.1) is 11.8 Å². The molecule has 2 amide bonds. The van der Waals surface area contributed by atoms with Crippen molar-refractivity contribution < 1.29 is 28.7 Å². The SMILES string of the molecule is COC(=O)C=CC(=O)OCCN1C(=O)C2CC2C1=O. The summed E-state index contributed by atoms with van der Waals surface area (Å²) in [7, 11) is 1.19. The lowest BCUT2D eigenvalue weighted by atomic mass is 10.4. The van der Waals surface area contributed by atoms with E-state index in [1.54, 1.807) is 0 Å². The molecule has 1 heterocycles. The number of piperidine rings is 1. The van der Waals surface area contributed by atoms with Crippen molar-refractivity contribution in [3.8, 4) is 0 Å². The summed E-state index contributed by atoms with van der Waals surface area (Å²) in [6, 6.07) is 0. The van der Waals surface area contributed by atoms with Crippen LogP contribution in [0.15, 0.2) is 12.2 Å². The maximum atomic E-state index is 11.6. The normalized spacial score (nSPS) is 24.6. The molecule has 7 nitrogen and oxygen atoms in total. The van der Waals surface area contributed by atoms with Gasteiger partial charge in [-0.25, -0.2) is 9.59 Å². The maximum absolute atomic E-state index is 11.6. The minimum atomic E-state index is -0.727. The van der Waals surface area contributed by atoms with Crippen molar-refractivity contribution in [3.05, 3.63) is 12.2 Å². The van der Waals surface area contributed by atoms with Crippen molar-refractivity contribution in [3.63, 3.8) is 0 Å². The van der Waals surface area contributed by atoms with Crippen LogP contribution in [0.4, 0.5) is 0 Å². The molecule has 0 N–H and O–H groups in total. The second kappa shape index (κ2) is 5.21. The third kappa shape index (κ3) is 2.81. The molecular weight excluding hydrogens is 254 g/mol. The van der Waals surface area contributed by atoms with Gasteiger partial charge in [0.15, 0.2) is 0 Å². The van der Waals surface area contributed by atoms with Crippen LogP contribution in [-0.2, 0) is 28.7 Å². The first-order valence-corrected chi connectivity index (χ1v) is 5.82. The number of fused-ring (bicyclic) bond motifs is 1. The van der Waals surface area contributed by atoms with Crippen LogP contribution in [0.1, 0.15) is 6.42 Å². The Labute approximate surface area is 109 Å². The lowest BCUT2D eigenvalue weighted by molar-refractivity contribution is -0.146. The average Bonchev–Trinajstić information content (AvgIpc) is 3.15. The van der Waals surface area contributed by atoms with Gasteiger partial charge in [0.05, 0.1) is 25.5 Å². The summed E-state index contributed by atoms with van der Waals surface area (Å²) in [4.78, 5) is 46.2. The summed E-state index contributed by atoms with van der Waals surface area (Å²) >= 11 is 0. The molecule has 2 aliphatic rings. The van der Waals surface area contributed by atoms with E-state index in [1.807, 2.05) is 0 Å². The zero-order chi connectivity index (χ0) is 14.0. The number of hydrogen-bond donors (Lipinski definition) is 0. The van der Waals surface area contributed by atoms with Crippen molar-refractivity contribution in [2.75, 3.05) is 20.3 Å². The molecule has 102 valence electrons. The highest BCUT2D eigenvalue weighted by Gasteiger charge is 2.58. The first-order chi connectivity index (χ1) is 9.04. The smallest absolute Gasteiger partial charge is 0.331 e. The standard InChI is InChI=1S/C12H13NO6/c1-18-9(14)2-3-10(15)19-5-4-13-11(16)7-6-8(7)12(13)17/h2-3,7-8H,4-6H2,1H3. The molecule has 7 heteroatoms. The number of ether oxygens (including phenoxy) is 2. The van der Waals surface area contributed by atoms with Crippen LogP contribution in [-0.4, -0.2) is 48.9 Å². The second-order valence-electron chi connectivity index (χ2n) is 4.30. The molecule has 1 saturated heterocycles. The van der Waals surface area contributed by atoms with E-state index in [-0.39, 0.29) is 36.8 Å². The molecule has 2 rings (SSSR count).